The van der Waals surface area contributed by atoms with E-state index in [9.17, 15) is 9.59 Å². The Kier molecular flexibility index (Phi) is 5.80. The van der Waals surface area contributed by atoms with Gasteiger partial charge in [0.25, 0.3) is 5.91 Å². The van der Waals surface area contributed by atoms with Crippen LogP contribution in [0.1, 0.15) is 22.5 Å². The third kappa shape index (κ3) is 4.30. The number of aromatic nitrogens is 2. The lowest BCUT2D eigenvalue weighted by Crippen LogP contribution is -2.48. The third-order valence-electron chi connectivity index (χ3n) is 7.23. The number of hydrogen-bond donors (Lipinski definition) is 2. The molecular formula is C28H26N6O3S. The summed E-state index contributed by atoms with van der Waals surface area (Å²) in [4.78, 5) is 41.1. The number of rotatable bonds is 6. The Labute approximate surface area is 223 Å². The van der Waals surface area contributed by atoms with Crippen LogP contribution in [0.3, 0.4) is 0 Å². The molecule has 38 heavy (non-hydrogen) atoms. The standard InChI is InChI=1S/C28H26N6O3S/c35-26(31-18-7-4-12-33(14-18)15-20-16-37-20)25-24-23-22(9-11-30-27(23)38-25)34(28(36)32-24)19-8-10-29-21(13-19)17-5-2-1-3-6-17/h1-3,5-6,8-11,13,18,20H,4,7,12,14-16H2,(H,31,35)(H,32,36). The van der Waals surface area contributed by atoms with Crippen LogP contribution in [-0.2, 0) is 4.74 Å². The Hall–Kier alpha value is -3.86. The van der Waals surface area contributed by atoms with Crippen molar-refractivity contribution in [1.82, 2.24) is 20.2 Å². The lowest BCUT2D eigenvalue weighted by molar-refractivity contribution is 0.0905. The van der Waals surface area contributed by atoms with E-state index in [4.69, 9.17) is 4.74 Å². The Morgan fingerprint density at radius 1 is 1.16 bits per heavy atom. The molecule has 3 aliphatic rings. The summed E-state index contributed by atoms with van der Waals surface area (Å²) in [6.07, 6.45) is 5.69. The van der Waals surface area contributed by atoms with Crippen molar-refractivity contribution < 1.29 is 14.3 Å². The number of nitrogens with one attached hydrogen (secondary N) is 2. The number of amides is 3. The van der Waals surface area contributed by atoms with Crippen LogP contribution in [0.2, 0.25) is 0 Å². The zero-order valence-electron chi connectivity index (χ0n) is 20.6. The van der Waals surface area contributed by atoms with Crippen molar-refractivity contribution in [3.8, 4) is 11.3 Å². The largest absolute Gasteiger partial charge is 0.372 e. The van der Waals surface area contributed by atoms with Crippen molar-refractivity contribution in [2.75, 3.05) is 36.5 Å². The topological polar surface area (TPSA) is 103 Å². The first-order valence-electron chi connectivity index (χ1n) is 12.8. The van der Waals surface area contributed by atoms with Crippen LogP contribution >= 0.6 is 11.3 Å². The number of carbonyl (C=O) groups is 2. The number of carbonyl (C=O) groups excluding carboxylic acids is 2. The number of benzene rings is 1. The molecule has 3 aromatic heterocycles. The lowest BCUT2D eigenvalue weighted by Gasteiger charge is -2.32. The highest BCUT2D eigenvalue weighted by Gasteiger charge is 2.34. The number of likely N-dealkylation sites (tertiary alicyclic amines) is 1. The molecule has 1 aromatic carbocycles. The van der Waals surface area contributed by atoms with E-state index in [1.807, 2.05) is 48.5 Å². The summed E-state index contributed by atoms with van der Waals surface area (Å²) in [5, 5.41) is 6.98. The van der Waals surface area contributed by atoms with Crippen molar-refractivity contribution in [3.63, 3.8) is 0 Å². The number of piperidine rings is 1. The molecule has 0 radical (unpaired) electrons. The van der Waals surface area contributed by atoms with E-state index >= 15 is 0 Å². The first-order valence-corrected chi connectivity index (χ1v) is 13.6. The second kappa shape index (κ2) is 9.46. The molecule has 3 amide bonds. The van der Waals surface area contributed by atoms with Crippen LogP contribution in [0.4, 0.5) is 21.9 Å². The molecule has 9 nitrogen and oxygen atoms in total. The molecule has 2 saturated heterocycles. The molecular weight excluding hydrogens is 500 g/mol. The highest BCUT2D eigenvalue weighted by molar-refractivity contribution is 7.21. The fourth-order valence-electron chi connectivity index (χ4n) is 5.38. The van der Waals surface area contributed by atoms with Crippen LogP contribution in [0, 0.1) is 0 Å². The maximum Gasteiger partial charge on any atom is 0.331 e. The molecule has 7 rings (SSSR count). The quantitative estimate of drug-likeness (QED) is 0.355. The number of ether oxygens (including phenoxy) is 1. The number of anilines is 3. The maximum absolute atomic E-state index is 13.5. The van der Waals surface area contributed by atoms with Crippen LogP contribution < -0.4 is 15.5 Å². The number of nitrogens with zero attached hydrogens (tertiary/aromatic N) is 4. The predicted molar refractivity (Wildman–Crippen MR) is 147 cm³/mol. The minimum atomic E-state index is -0.323. The summed E-state index contributed by atoms with van der Waals surface area (Å²) in [5.74, 6) is -0.174. The van der Waals surface area contributed by atoms with Gasteiger partial charge in [0.2, 0.25) is 0 Å². The minimum absolute atomic E-state index is 0.0591. The second-order valence-corrected chi connectivity index (χ2v) is 10.9. The molecule has 2 atom stereocenters. The van der Waals surface area contributed by atoms with Gasteiger partial charge in [-0.25, -0.2) is 9.78 Å². The summed E-state index contributed by atoms with van der Waals surface area (Å²) in [6.45, 7) is 3.58. The van der Waals surface area contributed by atoms with Crippen LogP contribution in [0.5, 0.6) is 0 Å². The van der Waals surface area contributed by atoms with Crippen molar-refractivity contribution in [1.29, 1.82) is 0 Å². The zero-order valence-corrected chi connectivity index (χ0v) is 21.4. The molecule has 0 saturated carbocycles. The summed E-state index contributed by atoms with van der Waals surface area (Å²) in [7, 11) is 0. The first-order chi connectivity index (χ1) is 18.6. The van der Waals surface area contributed by atoms with Crippen LogP contribution in [0.25, 0.3) is 21.5 Å². The van der Waals surface area contributed by atoms with Crippen LogP contribution in [-0.4, -0.2) is 65.2 Å². The van der Waals surface area contributed by atoms with E-state index < -0.39 is 0 Å². The van der Waals surface area contributed by atoms with E-state index in [2.05, 4.69) is 25.5 Å². The summed E-state index contributed by atoms with van der Waals surface area (Å²) >= 11 is 1.31. The fraction of sp³-hybridized carbons (Fsp3) is 0.286. The molecule has 2 N–H and O–H groups in total. The van der Waals surface area contributed by atoms with E-state index in [0.29, 0.717) is 32.9 Å². The normalized spacial score (nSPS) is 20.8. The molecule has 6 heterocycles. The molecule has 0 aliphatic carbocycles. The Morgan fingerprint density at radius 3 is 2.84 bits per heavy atom. The summed E-state index contributed by atoms with van der Waals surface area (Å²) in [6, 6.07) is 15.1. The maximum atomic E-state index is 13.5. The van der Waals surface area contributed by atoms with Gasteiger partial charge in [-0.05, 0) is 37.6 Å². The van der Waals surface area contributed by atoms with Gasteiger partial charge in [-0.15, -0.1) is 11.3 Å². The van der Waals surface area contributed by atoms with Crippen molar-refractivity contribution in [2.24, 2.45) is 0 Å². The number of hydrogen-bond acceptors (Lipinski definition) is 7. The van der Waals surface area contributed by atoms with Gasteiger partial charge < -0.3 is 15.4 Å². The van der Waals surface area contributed by atoms with Gasteiger partial charge in [0.1, 0.15) is 9.71 Å². The third-order valence-corrected chi connectivity index (χ3v) is 8.32. The number of pyridine rings is 2. The lowest BCUT2D eigenvalue weighted by atomic mass is 10.1. The monoisotopic (exact) mass is 526 g/mol. The molecule has 4 aromatic rings. The molecule has 2 fully saturated rings. The predicted octanol–water partition coefficient (Wildman–Crippen LogP) is 4.63. The average molecular weight is 527 g/mol. The SMILES string of the molecule is O=C(NC1CCCN(CC2CO2)C1)c1sc2nccc3c2c1NC(=O)N3c1ccnc(-c2ccccc2)c1. The molecule has 10 heteroatoms. The Morgan fingerprint density at radius 2 is 2.00 bits per heavy atom. The number of thiophene rings is 1. The van der Waals surface area contributed by atoms with Gasteiger partial charge in [0.05, 0.1) is 40.9 Å². The van der Waals surface area contributed by atoms with Gasteiger partial charge in [0, 0.05) is 37.1 Å². The molecule has 2 unspecified atom stereocenters. The van der Waals surface area contributed by atoms with E-state index in [0.717, 1.165) is 55.7 Å². The van der Waals surface area contributed by atoms with E-state index in [-0.39, 0.29) is 18.0 Å². The minimum Gasteiger partial charge on any atom is -0.372 e. The fourth-order valence-corrected chi connectivity index (χ4v) is 6.40. The van der Waals surface area contributed by atoms with Gasteiger partial charge >= 0.3 is 6.03 Å². The van der Waals surface area contributed by atoms with E-state index in [1.165, 1.54) is 11.3 Å². The van der Waals surface area contributed by atoms with Crippen molar-refractivity contribution in [2.45, 2.75) is 25.0 Å². The highest BCUT2D eigenvalue weighted by Crippen LogP contribution is 2.46. The van der Waals surface area contributed by atoms with Gasteiger partial charge in [-0.1, -0.05) is 30.3 Å². The van der Waals surface area contributed by atoms with Gasteiger partial charge in [-0.3, -0.25) is 19.6 Å². The van der Waals surface area contributed by atoms with E-state index in [1.54, 1.807) is 17.3 Å². The van der Waals surface area contributed by atoms with Gasteiger partial charge in [-0.2, -0.15) is 0 Å². The molecule has 3 aliphatic heterocycles. The average Bonchev–Trinajstić information content (AvgIpc) is 3.68. The van der Waals surface area contributed by atoms with Crippen molar-refractivity contribution >= 4 is 50.6 Å². The smallest absolute Gasteiger partial charge is 0.331 e. The molecule has 0 bridgehead atoms. The second-order valence-electron chi connectivity index (χ2n) is 9.87. The zero-order chi connectivity index (χ0) is 25.6. The summed E-state index contributed by atoms with van der Waals surface area (Å²) in [5.41, 5.74) is 3.65. The Balaban J connectivity index is 1.19. The van der Waals surface area contributed by atoms with Gasteiger partial charge in [0.15, 0.2) is 0 Å². The summed E-state index contributed by atoms with van der Waals surface area (Å²) < 4.78 is 5.38. The Bertz CT molecular complexity index is 1540. The number of epoxide rings is 1. The van der Waals surface area contributed by atoms with Crippen molar-refractivity contribution in [3.05, 3.63) is 65.8 Å². The van der Waals surface area contributed by atoms with Crippen LogP contribution in [0.15, 0.2) is 60.9 Å². The highest BCUT2D eigenvalue weighted by atomic mass is 32.1. The first kappa shape index (κ1) is 23.3. The molecule has 0 spiro atoms. The number of urea groups is 1. The molecule has 192 valence electrons.